The molecule has 0 aliphatic carbocycles. The summed E-state index contributed by atoms with van der Waals surface area (Å²) in [5.41, 5.74) is 6.60. The molecule has 1 atom stereocenters. The first-order valence-electron chi connectivity index (χ1n) is 9.91. The number of nitrogens with one attached hydrogen (secondary N) is 1. The van der Waals surface area contributed by atoms with E-state index >= 15 is 0 Å². The highest BCUT2D eigenvalue weighted by Crippen LogP contribution is 2.20. The zero-order valence-electron chi connectivity index (χ0n) is 16.2. The van der Waals surface area contributed by atoms with Gasteiger partial charge in [-0.25, -0.2) is 0 Å². The minimum atomic E-state index is -0.0355. The average molecular weight is 404 g/mol. The Hall–Kier alpha value is -2.11. The van der Waals surface area contributed by atoms with Gasteiger partial charge < -0.3 is 16.0 Å². The van der Waals surface area contributed by atoms with E-state index in [1.54, 1.807) is 0 Å². The van der Waals surface area contributed by atoms with Gasteiger partial charge in [-0.05, 0) is 42.0 Å². The molecule has 3 N–H and O–H groups in total. The summed E-state index contributed by atoms with van der Waals surface area (Å²) in [6.45, 7) is 1.67. The fourth-order valence-electron chi connectivity index (χ4n) is 3.78. The lowest BCUT2D eigenvalue weighted by atomic mass is 10.00. The second-order valence-electron chi connectivity index (χ2n) is 7.26. The SMILES string of the molecule is Cl.NCCC(=O)NCC1CCCCN1C(=O)CCc1ccc2ccccc2c1. The first-order chi connectivity index (χ1) is 13.2. The third-order valence-corrected chi connectivity index (χ3v) is 5.30. The lowest BCUT2D eigenvalue weighted by Crippen LogP contribution is -2.49. The largest absolute Gasteiger partial charge is 0.354 e. The van der Waals surface area contributed by atoms with E-state index in [0.717, 1.165) is 32.2 Å². The molecule has 0 bridgehead atoms. The molecule has 0 saturated carbocycles. The number of nitrogens with zero attached hydrogens (tertiary/aromatic N) is 1. The van der Waals surface area contributed by atoms with Crippen LogP contribution in [0.3, 0.4) is 0 Å². The van der Waals surface area contributed by atoms with Gasteiger partial charge in [-0.3, -0.25) is 9.59 Å². The molecule has 0 aromatic heterocycles. The minimum Gasteiger partial charge on any atom is -0.354 e. The number of amides is 2. The number of hydrogen-bond donors (Lipinski definition) is 2. The number of aryl methyl sites for hydroxylation is 1. The molecule has 28 heavy (non-hydrogen) atoms. The van der Waals surface area contributed by atoms with Crippen LogP contribution < -0.4 is 11.1 Å². The van der Waals surface area contributed by atoms with Crippen LogP contribution in [0.5, 0.6) is 0 Å². The van der Waals surface area contributed by atoms with Crippen molar-refractivity contribution in [2.75, 3.05) is 19.6 Å². The number of hydrogen-bond acceptors (Lipinski definition) is 3. The van der Waals surface area contributed by atoms with Crippen molar-refractivity contribution in [2.45, 2.75) is 44.6 Å². The molecule has 152 valence electrons. The molecule has 1 aliphatic rings. The molecular formula is C22H30ClN3O2. The molecule has 2 aromatic carbocycles. The number of likely N-dealkylation sites (tertiary alicyclic amines) is 1. The second-order valence-corrected chi connectivity index (χ2v) is 7.26. The van der Waals surface area contributed by atoms with Crippen LogP contribution in [0, 0.1) is 0 Å². The van der Waals surface area contributed by atoms with Crippen molar-refractivity contribution < 1.29 is 9.59 Å². The lowest BCUT2D eigenvalue weighted by Gasteiger charge is -2.36. The standard InChI is InChI=1S/C22H29N3O2.ClH/c23-13-12-21(26)24-16-20-7-3-4-14-25(20)22(27)11-9-17-8-10-18-5-1-2-6-19(18)15-17;/h1-2,5-6,8,10,15,20H,3-4,7,9,11-14,16,23H2,(H,24,26);1H. The van der Waals surface area contributed by atoms with Gasteiger partial charge in [-0.15, -0.1) is 12.4 Å². The number of benzene rings is 2. The van der Waals surface area contributed by atoms with E-state index < -0.39 is 0 Å². The van der Waals surface area contributed by atoms with Gasteiger partial charge in [0.25, 0.3) is 0 Å². The first-order valence-corrected chi connectivity index (χ1v) is 9.91. The quantitative estimate of drug-likeness (QED) is 0.746. The van der Waals surface area contributed by atoms with Crippen LogP contribution in [-0.2, 0) is 16.0 Å². The van der Waals surface area contributed by atoms with Gasteiger partial charge in [0.1, 0.15) is 0 Å². The van der Waals surface area contributed by atoms with Crippen LogP contribution in [0.1, 0.15) is 37.7 Å². The van der Waals surface area contributed by atoms with Gasteiger partial charge in [0, 0.05) is 38.5 Å². The zero-order chi connectivity index (χ0) is 19.1. The van der Waals surface area contributed by atoms with Crippen LogP contribution >= 0.6 is 12.4 Å². The fourth-order valence-corrected chi connectivity index (χ4v) is 3.78. The fraction of sp³-hybridized carbons (Fsp3) is 0.455. The Morgan fingerprint density at radius 2 is 1.86 bits per heavy atom. The predicted molar refractivity (Wildman–Crippen MR) is 116 cm³/mol. The van der Waals surface area contributed by atoms with E-state index in [1.165, 1.54) is 16.3 Å². The van der Waals surface area contributed by atoms with Gasteiger partial charge in [0.15, 0.2) is 0 Å². The van der Waals surface area contributed by atoms with Crippen molar-refractivity contribution in [1.29, 1.82) is 0 Å². The van der Waals surface area contributed by atoms with E-state index in [1.807, 2.05) is 17.0 Å². The summed E-state index contributed by atoms with van der Waals surface area (Å²) < 4.78 is 0. The molecule has 2 amide bonds. The third kappa shape index (κ3) is 5.94. The molecule has 0 spiro atoms. The van der Waals surface area contributed by atoms with Gasteiger partial charge in [-0.1, -0.05) is 42.5 Å². The Morgan fingerprint density at radius 1 is 1.07 bits per heavy atom. The van der Waals surface area contributed by atoms with Crippen molar-refractivity contribution in [2.24, 2.45) is 5.73 Å². The summed E-state index contributed by atoms with van der Waals surface area (Å²) in [4.78, 5) is 26.5. The molecule has 1 aliphatic heterocycles. The van der Waals surface area contributed by atoms with Crippen molar-refractivity contribution in [3.63, 3.8) is 0 Å². The minimum absolute atomic E-state index is 0. The highest BCUT2D eigenvalue weighted by Gasteiger charge is 2.26. The van der Waals surface area contributed by atoms with Crippen molar-refractivity contribution >= 4 is 35.0 Å². The Labute approximate surface area is 173 Å². The molecule has 1 unspecified atom stereocenters. The number of carbonyl (C=O) groups excluding carboxylic acids is 2. The van der Waals surface area contributed by atoms with Crippen molar-refractivity contribution in [1.82, 2.24) is 10.2 Å². The Bertz CT molecular complexity index is 796. The maximum absolute atomic E-state index is 12.8. The molecule has 1 saturated heterocycles. The predicted octanol–water partition coefficient (Wildman–Crippen LogP) is 3.04. The molecular weight excluding hydrogens is 374 g/mol. The molecule has 5 nitrogen and oxygen atoms in total. The van der Waals surface area contributed by atoms with Crippen LogP contribution in [0.4, 0.5) is 0 Å². The summed E-state index contributed by atoms with van der Waals surface area (Å²) in [5, 5.41) is 5.35. The van der Waals surface area contributed by atoms with Gasteiger partial charge in [-0.2, -0.15) is 0 Å². The topological polar surface area (TPSA) is 75.4 Å². The summed E-state index contributed by atoms with van der Waals surface area (Å²) in [7, 11) is 0. The lowest BCUT2D eigenvalue weighted by molar-refractivity contribution is -0.135. The molecule has 2 aromatic rings. The number of carbonyl (C=O) groups is 2. The third-order valence-electron chi connectivity index (χ3n) is 5.30. The summed E-state index contributed by atoms with van der Waals surface area (Å²) in [5.74, 6) is 0.146. The molecule has 0 radical (unpaired) electrons. The number of piperidine rings is 1. The zero-order valence-corrected chi connectivity index (χ0v) is 17.0. The van der Waals surface area contributed by atoms with Gasteiger partial charge in [0.2, 0.25) is 11.8 Å². The normalized spacial score (nSPS) is 16.5. The van der Waals surface area contributed by atoms with Crippen molar-refractivity contribution in [3.8, 4) is 0 Å². The summed E-state index contributed by atoms with van der Waals surface area (Å²) >= 11 is 0. The van der Waals surface area contributed by atoms with Gasteiger partial charge in [0.05, 0.1) is 0 Å². The molecule has 6 heteroatoms. The molecule has 1 fully saturated rings. The molecule has 1 heterocycles. The number of rotatable bonds is 7. The number of fused-ring (bicyclic) bond motifs is 1. The Kier molecular flexibility index (Phi) is 8.74. The van der Waals surface area contributed by atoms with E-state index in [-0.39, 0.29) is 30.3 Å². The highest BCUT2D eigenvalue weighted by atomic mass is 35.5. The Morgan fingerprint density at radius 3 is 2.64 bits per heavy atom. The maximum Gasteiger partial charge on any atom is 0.223 e. The monoisotopic (exact) mass is 403 g/mol. The van der Waals surface area contributed by atoms with Crippen LogP contribution in [-0.4, -0.2) is 42.4 Å². The first kappa shape index (κ1) is 22.2. The van der Waals surface area contributed by atoms with Crippen LogP contribution in [0.25, 0.3) is 10.8 Å². The summed E-state index contributed by atoms with van der Waals surface area (Å²) in [6, 6.07) is 14.8. The smallest absolute Gasteiger partial charge is 0.223 e. The number of nitrogens with two attached hydrogens (primary N) is 1. The maximum atomic E-state index is 12.8. The second kappa shape index (κ2) is 11.0. The highest BCUT2D eigenvalue weighted by molar-refractivity contribution is 5.85. The van der Waals surface area contributed by atoms with E-state index in [0.29, 0.717) is 25.9 Å². The average Bonchev–Trinajstić information content (AvgIpc) is 2.71. The Balaban J connectivity index is 0.00000280. The van der Waals surface area contributed by atoms with E-state index in [9.17, 15) is 9.59 Å². The number of halogens is 1. The van der Waals surface area contributed by atoms with Crippen molar-refractivity contribution in [3.05, 3.63) is 48.0 Å². The van der Waals surface area contributed by atoms with E-state index in [2.05, 4.69) is 35.6 Å². The summed E-state index contributed by atoms with van der Waals surface area (Å²) in [6.07, 6.45) is 4.67. The van der Waals surface area contributed by atoms with Gasteiger partial charge >= 0.3 is 0 Å². The van der Waals surface area contributed by atoms with Crippen LogP contribution in [0.2, 0.25) is 0 Å². The van der Waals surface area contributed by atoms with E-state index in [4.69, 9.17) is 5.73 Å². The molecule has 3 rings (SSSR count). The van der Waals surface area contributed by atoms with Crippen LogP contribution in [0.15, 0.2) is 42.5 Å².